The van der Waals surface area contributed by atoms with Crippen LogP contribution in [0.4, 0.5) is 13.9 Å². The molecule has 1 N–H and O–H groups in total. The van der Waals surface area contributed by atoms with Crippen molar-refractivity contribution in [1.29, 1.82) is 0 Å². The molecule has 4 aromatic heterocycles. The first-order chi connectivity index (χ1) is 18.6. The molecule has 1 amide bonds. The van der Waals surface area contributed by atoms with Crippen LogP contribution in [-0.4, -0.2) is 57.0 Å². The number of hydrogen-bond donors (Lipinski definition) is 1. The van der Waals surface area contributed by atoms with Gasteiger partial charge in [-0.25, -0.2) is 17.2 Å². The first-order valence-electron chi connectivity index (χ1n) is 11.4. The number of amides is 1. The molecule has 1 aliphatic carbocycles. The van der Waals surface area contributed by atoms with Crippen LogP contribution in [0, 0.1) is 17.8 Å². The van der Waals surface area contributed by atoms with Gasteiger partial charge in [0.25, 0.3) is 22.4 Å². The lowest BCUT2D eigenvalue weighted by molar-refractivity contribution is 0.102. The molecule has 4 heterocycles. The monoisotopic (exact) mass is 571 g/mol. The normalized spacial score (nSPS) is 13.2. The predicted octanol–water partition coefficient (Wildman–Crippen LogP) is 3.63. The van der Waals surface area contributed by atoms with Crippen LogP contribution in [0.15, 0.2) is 36.9 Å². The molecule has 1 fully saturated rings. The number of carbonyl (C=O) groups is 1. The summed E-state index contributed by atoms with van der Waals surface area (Å²) in [4.78, 5) is 21.4. The zero-order valence-electron chi connectivity index (χ0n) is 20.4. The van der Waals surface area contributed by atoms with E-state index >= 15 is 0 Å². The Kier molecular flexibility index (Phi) is 7.06. The van der Waals surface area contributed by atoms with Gasteiger partial charge in [0.2, 0.25) is 5.13 Å². The van der Waals surface area contributed by atoms with Gasteiger partial charge in [-0.05, 0) is 30.9 Å². The van der Waals surface area contributed by atoms with Crippen LogP contribution in [-0.2, 0) is 10.0 Å². The number of rotatable bonds is 7. The largest absolute Gasteiger partial charge is 0.494 e. The van der Waals surface area contributed by atoms with E-state index in [9.17, 15) is 22.0 Å². The van der Waals surface area contributed by atoms with E-state index in [-0.39, 0.29) is 33.3 Å². The van der Waals surface area contributed by atoms with Gasteiger partial charge < -0.3 is 4.74 Å². The number of alkyl halides is 2. The topological polar surface area (TPSA) is 142 Å². The highest BCUT2D eigenvalue weighted by molar-refractivity contribution is 7.89. The molecule has 15 heteroatoms. The Hall–Kier alpha value is -4.29. The van der Waals surface area contributed by atoms with E-state index < -0.39 is 28.0 Å². The molecule has 4 aromatic rings. The van der Waals surface area contributed by atoms with Crippen molar-refractivity contribution in [3.63, 3.8) is 0 Å². The van der Waals surface area contributed by atoms with Gasteiger partial charge in [0, 0.05) is 28.8 Å². The predicted molar refractivity (Wildman–Crippen MR) is 138 cm³/mol. The van der Waals surface area contributed by atoms with Crippen molar-refractivity contribution < 1.29 is 26.7 Å². The SMILES string of the molecule is COc1cnc(C(F)F)cc1-c1cc(-c2cnn(S(C)(=O)=O)c2)ncc1C(=O)Nc1nnc(C#CC2CC2)s1. The average molecular weight is 572 g/mol. The molecule has 11 nitrogen and oxygen atoms in total. The molecule has 0 bridgehead atoms. The molecule has 0 spiro atoms. The van der Waals surface area contributed by atoms with Gasteiger partial charge in [0.05, 0.1) is 43.2 Å². The minimum atomic E-state index is -3.66. The van der Waals surface area contributed by atoms with Gasteiger partial charge in [0.15, 0.2) is 5.01 Å². The van der Waals surface area contributed by atoms with Gasteiger partial charge in [-0.2, -0.15) is 9.19 Å². The van der Waals surface area contributed by atoms with Crippen molar-refractivity contribution in [2.75, 3.05) is 18.7 Å². The van der Waals surface area contributed by atoms with Crippen molar-refractivity contribution in [3.05, 3.63) is 53.2 Å². The molecule has 0 aliphatic heterocycles. The second kappa shape index (κ2) is 10.5. The zero-order chi connectivity index (χ0) is 27.7. The minimum Gasteiger partial charge on any atom is -0.494 e. The lowest BCUT2D eigenvalue weighted by atomic mass is 9.98. The van der Waals surface area contributed by atoms with Crippen LogP contribution in [0.1, 0.15) is 40.3 Å². The number of nitrogens with zero attached hydrogens (tertiary/aromatic N) is 6. The van der Waals surface area contributed by atoms with Crippen molar-refractivity contribution in [2.24, 2.45) is 5.92 Å². The molecule has 0 unspecified atom stereocenters. The van der Waals surface area contributed by atoms with E-state index in [4.69, 9.17) is 4.74 Å². The number of anilines is 1. The van der Waals surface area contributed by atoms with Crippen molar-refractivity contribution >= 4 is 32.4 Å². The number of halogens is 2. The molecule has 0 atom stereocenters. The third-order valence-corrected chi connectivity index (χ3v) is 7.21. The van der Waals surface area contributed by atoms with E-state index in [1.165, 1.54) is 31.8 Å². The van der Waals surface area contributed by atoms with E-state index in [0.29, 0.717) is 16.5 Å². The van der Waals surface area contributed by atoms with Crippen LogP contribution in [0.3, 0.4) is 0 Å². The molecule has 0 radical (unpaired) electrons. The van der Waals surface area contributed by atoms with E-state index in [2.05, 4.69) is 42.4 Å². The Morgan fingerprint density at radius 3 is 2.64 bits per heavy atom. The number of pyridine rings is 2. The molecule has 200 valence electrons. The third kappa shape index (κ3) is 5.91. The third-order valence-electron chi connectivity index (χ3n) is 5.57. The van der Waals surface area contributed by atoms with Crippen LogP contribution in [0.5, 0.6) is 5.75 Å². The second-order valence-corrected chi connectivity index (χ2v) is 11.3. The fourth-order valence-corrected chi connectivity index (χ4v) is 4.59. The van der Waals surface area contributed by atoms with Crippen LogP contribution >= 0.6 is 11.3 Å². The van der Waals surface area contributed by atoms with Crippen LogP contribution in [0.2, 0.25) is 0 Å². The smallest absolute Gasteiger partial charge is 0.280 e. The molecule has 0 aromatic carbocycles. The van der Waals surface area contributed by atoms with E-state index in [0.717, 1.165) is 46.8 Å². The highest BCUT2D eigenvalue weighted by Gasteiger charge is 2.23. The highest BCUT2D eigenvalue weighted by atomic mass is 32.2. The van der Waals surface area contributed by atoms with Crippen molar-refractivity contribution in [3.8, 4) is 40.0 Å². The Balaban J connectivity index is 1.57. The maximum atomic E-state index is 13.5. The van der Waals surface area contributed by atoms with Gasteiger partial charge in [0.1, 0.15) is 11.4 Å². The summed E-state index contributed by atoms with van der Waals surface area (Å²) < 4.78 is 56.9. The molecule has 1 saturated carbocycles. The molecule has 0 saturated heterocycles. The molecule has 39 heavy (non-hydrogen) atoms. The lowest BCUT2D eigenvalue weighted by Crippen LogP contribution is -2.14. The number of carbonyl (C=O) groups excluding carboxylic acids is 1. The minimum absolute atomic E-state index is 0.0137. The summed E-state index contributed by atoms with van der Waals surface area (Å²) in [6.45, 7) is 0. The summed E-state index contributed by atoms with van der Waals surface area (Å²) in [6, 6.07) is 2.58. The van der Waals surface area contributed by atoms with Crippen molar-refractivity contribution in [1.82, 2.24) is 29.4 Å². The zero-order valence-corrected chi connectivity index (χ0v) is 22.1. The van der Waals surface area contributed by atoms with Gasteiger partial charge in [-0.15, -0.1) is 10.2 Å². The second-order valence-electron chi connectivity index (χ2n) is 8.50. The molecule has 5 rings (SSSR count). The maximum absolute atomic E-state index is 13.5. The van der Waals surface area contributed by atoms with Gasteiger partial charge in [-0.3, -0.25) is 20.1 Å². The fraction of sp³-hybridized carbons (Fsp3) is 0.250. The van der Waals surface area contributed by atoms with Crippen molar-refractivity contribution in [2.45, 2.75) is 19.3 Å². The van der Waals surface area contributed by atoms with E-state index in [1.54, 1.807) is 0 Å². The highest BCUT2D eigenvalue weighted by Crippen LogP contribution is 2.36. The molecular formula is C24H19F2N7O4S2. The Labute approximate surface area is 225 Å². The Bertz CT molecular complexity index is 1740. The Morgan fingerprint density at radius 2 is 1.97 bits per heavy atom. The first kappa shape index (κ1) is 26.3. The first-order valence-corrected chi connectivity index (χ1v) is 14.0. The fourth-order valence-electron chi connectivity index (χ4n) is 3.47. The quantitative estimate of drug-likeness (QED) is 0.329. The molecular weight excluding hydrogens is 552 g/mol. The summed E-state index contributed by atoms with van der Waals surface area (Å²) in [6.07, 6.45) is 5.14. The van der Waals surface area contributed by atoms with Crippen LogP contribution in [0.25, 0.3) is 22.4 Å². The standard InChI is InChI=1S/C24H19F2N7O4S2/c1-37-20-11-28-19(22(25)26)8-16(20)15-7-18(14-9-29-33(12-14)39(2,35)36)27-10-17(15)23(34)30-24-32-31-21(38-24)6-5-13-3-4-13/h7-13,22H,3-4H2,1-2H3,(H,30,32,34). The maximum Gasteiger partial charge on any atom is 0.280 e. The molecule has 1 aliphatic rings. The average Bonchev–Trinajstić information content (AvgIpc) is 3.40. The summed E-state index contributed by atoms with van der Waals surface area (Å²) in [5.74, 6) is 5.87. The van der Waals surface area contributed by atoms with Crippen LogP contribution < -0.4 is 10.1 Å². The van der Waals surface area contributed by atoms with E-state index in [1.807, 2.05) is 0 Å². The summed E-state index contributed by atoms with van der Waals surface area (Å²) in [5, 5.41) is 15.1. The van der Waals surface area contributed by atoms with Gasteiger partial charge in [-0.1, -0.05) is 17.3 Å². The van der Waals surface area contributed by atoms with Gasteiger partial charge >= 0.3 is 0 Å². The number of hydrogen-bond acceptors (Lipinski definition) is 10. The number of nitrogens with one attached hydrogen (secondary N) is 1. The number of methoxy groups -OCH3 is 1. The summed E-state index contributed by atoms with van der Waals surface area (Å²) >= 11 is 1.10. The Morgan fingerprint density at radius 1 is 1.18 bits per heavy atom. The lowest BCUT2D eigenvalue weighted by Gasteiger charge is -2.14. The summed E-state index contributed by atoms with van der Waals surface area (Å²) in [5.41, 5.74) is 0.383. The number of ether oxygens (including phenoxy) is 1. The summed E-state index contributed by atoms with van der Waals surface area (Å²) in [7, 11) is -2.32. The number of aromatic nitrogens is 6.